The summed E-state index contributed by atoms with van der Waals surface area (Å²) in [6, 6.07) is 4.74. The maximum atomic E-state index is 13.6. The summed E-state index contributed by atoms with van der Waals surface area (Å²) in [7, 11) is 1.64. The molecule has 1 aliphatic heterocycles. The van der Waals surface area contributed by atoms with Crippen LogP contribution in [0.15, 0.2) is 24.4 Å². The lowest BCUT2D eigenvalue weighted by Crippen LogP contribution is -2.47. The molecule has 3 aromatic rings. The van der Waals surface area contributed by atoms with E-state index >= 15 is 0 Å². The lowest BCUT2D eigenvalue weighted by atomic mass is 10.0. The minimum atomic E-state index is -0.642. The summed E-state index contributed by atoms with van der Waals surface area (Å²) in [6.45, 7) is 10.8. The Morgan fingerprint density at radius 3 is 2.61 bits per heavy atom. The van der Waals surface area contributed by atoms with Crippen molar-refractivity contribution < 1.29 is 14.4 Å². The van der Waals surface area contributed by atoms with Crippen molar-refractivity contribution in [2.24, 2.45) is 5.92 Å². The molecule has 0 bridgehead atoms. The first-order valence-electron chi connectivity index (χ1n) is 13.3. The summed E-state index contributed by atoms with van der Waals surface area (Å²) in [5, 5.41) is 7.70. The lowest BCUT2D eigenvalue weighted by Gasteiger charge is -2.29. The molecule has 0 spiro atoms. The number of hydrogen-bond donors (Lipinski definition) is 1. The number of carbonyl (C=O) groups excluding carboxylic acids is 3. The normalized spacial score (nSPS) is 20.0. The van der Waals surface area contributed by atoms with Crippen molar-refractivity contribution in [1.29, 1.82) is 0 Å². The number of pyridine rings is 1. The van der Waals surface area contributed by atoms with E-state index in [4.69, 9.17) is 0 Å². The van der Waals surface area contributed by atoms with Gasteiger partial charge in [0.05, 0.1) is 12.6 Å². The van der Waals surface area contributed by atoms with Gasteiger partial charge >= 0.3 is 0 Å². The molecule has 4 rings (SSSR count). The summed E-state index contributed by atoms with van der Waals surface area (Å²) in [5.41, 5.74) is 2.05. The number of aromatic nitrogens is 5. The Labute approximate surface area is 223 Å². The molecule has 11 nitrogen and oxygen atoms in total. The molecule has 11 heteroatoms. The number of aryl methyl sites for hydroxylation is 2. The number of likely N-dealkylation sites (N-methyl/N-ethyl adjacent to an activating group) is 1. The zero-order valence-corrected chi connectivity index (χ0v) is 23.1. The van der Waals surface area contributed by atoms with Gasteiger partial charge in [0.25, 0.3) is 5.91 Å². The van der Waals surface area contributed by atoms with Crippen LogP contribution in [0.25, 0.3) is 5.65 Å². The average Bonchev–Trinajstić information content (AvgIpc) is 3.47. The molecular formula is C27H38N8O3. The number of nitrogens with zero attached hydrogens (tertiary/aromatic N) is 7. The molecule has 4 heterocycles. The Hall–Kier alpha value is -3.76. The minimum Gasteiger partial charge on any atom is -0.344 e. The number of amides is 3. The van der Waals surface area contributed by atoms with E-state index in [1.54, 1.807) is 29.7 Å². The van der Waals surface area contributed by atoms with Crippen LogP contribution in [-0.4, -0.2) is 77.8 Å². The van der Waals surface area contributed by atoms with E-state index in [0.29, 0.717) is 55.5 Å². The largest absolute Gasteiger partial charge is 0.344 e. The van der Waals surface area contributed by atoms with Gasteiger partial charge in [-0.05, 0) is 51.7 Å². The Balaban J connectivity index is 1.68. The zero-order chi connectivity index (χ0) is 27.6. The summed E-state index contributed by atoms with van der Waals surface area (Å²) >= 11 is 0. The van der Waals surface area contributed by atoms with Gasteiger partial charge in [-0.15, -0.1) is 0 Å². The Bertz CT molecular complexity index is 1330. The van der Waals surface area contributed by atoms with Crippen molar-refractivity contribution >= 4 is 23.4 Å². The second-order valence-electron chi connectivity index (χ2n) is 10.5. The molecule has 2 atom stereocenters. The summed E-state index contributed by atoms with van der Waals surface area (Å²) in [4.78, 5) is 52.1. The van der Waals surface area contributed by atoms with Crippen LogP contribution < -0.4 is 5.32 Å². The first-order chi connectivity index (χ1) is 18.0. The average molecular weight is 523 g/mol. The van der Waals surface area contributed by atoms with E-state index in [1.165, 1.54) is 4.90 Å². The third-order valence-electron chi connectivity index (χ3n) is 7.10. The molecular weight excluding hydrogens is 484 g/mol. The standard InChI is InChI=1S/C27H38N8O3/c1-17(2)15-21-25-28-20(5)31-35(25)14-13-33(12-8-11-24(36)32(6)19(4)26(37)30-21)27(38)22-16-34-18(3)9-7-10-23(34)29-22/h7,9-10,16-17,19,21H,8,11-15H2,1-6H3,(H,30,37)/t19-,21+/m0/s1. The second-order valence-corrected chi connectivity index (χ2v) is 10.5. The third kappa shape index (κ3) is 5.87. The van der Waals surface area contributed by atoms with Crippen LogP contribution in [0.5, 0.6) is 0 Å². The number of imidazole rings is 1. The van der Waals surface area contributed by atoms with Gasteiger partial charge in [-0.2, -0.15) is 5.10 Å². The van der Waals surface area contributed by atoms with Crippen LogP contribution in [0.3, 0.4) is 0 Å². The van der Waals surface area contributed by atoms with Gasteiger partial charge in [0, 0.05) is 38.4 Å². The molecule has 3 amide bonds. The molecule has 204 valence electrons. The van der Waals surface area contributed by atoms with Crippen LogP contribution in [0.2, 0.25) is 0 Å². The van der Waals surface area contributed by atoms with Crippen molar-refractivity contribution in [3.8, 4) is 0 Å². The van der Waals surface area contributed by atoms with Crippen molar-refractivity contribution in [2.75, 3.05) is 20.1 Å². The molecule has 0 aliphatic carbocycles. The molecule has 0 aromatic carbocycles. The minimum absolute atomic E-state index is 0.139. The van der Waals surface area contributed by atoms with Gasteiger partial charge in [0.2, 0.25) is 11.8 Å². The van der Waals surface area contributed by atoms with E-state index in [2.05, 4.69) is 34.2 Å². The monoisotopic (exact) mass is 522 g/mol. The maximum Gasteiger partial charge on any atom is 0.274 e. The summed E-state index contributed by atoms with van der Waals surface area (Å²) < 4.78 is 3.69. The molecule has 0 unspecified atom stereocenters. The fraction of sp³-hybridized carbons (Fsp3) is 0.556. The van der Waals surface area contributed by atoms with Gasteiger partial charge in [0.1, 0.15) is 29.0 Å². The van der Waals surface area contributed by atoms with Gasteiger partial charge < -0.3 is 19.5 Å². The van der Waals surface area contributed by atoms with E-state index in [0.717, 1.165) is 5.69 Å². The molecule has 38 heavy (non-hydrogen) atoms. The molecule has 0 radical (unpaired) electrons. The molecule has 1 aliphatic rings. The zero-order valence-electron chi connectivity index (χ0n) is 23.1. The first kappa shape index (κ1) is 27.3. The van der Waals surface area contributed by atoms with Crippen LogP contribution in [0, 0.1) is 19.8 Å². The lowest BCUT2D eigenvalue weighted by molar-refractivity contribution is -0.138. The highest BCUT2D eigenvalue weighted by atomic mass is 16.2. The summed E-state index contributed by atoms with van der Waals surface area (Å²) in [6.07, 6.45) is 3.12. The van der Waals surface area contributed by atoms with Crippen molar-refractivity contribution in [2.45, 2.75) is 72.5 Å². The number of nitrogens with one attached hydrogen (secondary N) is 1. The topological polar surface area (TPSA) is 118 Å². The highest BCUT2D eigenvalue weighted by molar-refractivity contribution is 5.93. The number of hydrogen-bond acceptors (Lipinski definition) is 6. The highest BCUT2D eigenvalue weighted by Crippen LogP contribution is 2.22. The van der Waals surface area contributed by atoms with Gasteiger partial charge in [-0.25, -0.2) is 14.6 Å². The maximum absolute atomic E-state index is 13.6. The van der Waals surface area contributed by atoms with E-state index in [-0.39, 0.29) is 36.1 Å². The molecule has 0 saturated heterocycles. The molecule has 0 fully saturated rings. The second kappa shape index (κ2) is 11.3. The van der Waals surface area contributed by atoms with Gasteiger partial charge in [-0.3, -0.25) is 14.4 Å². The highest BCUT2D eigenvalue weighted by Gasteiger charge is 2.29. The molecule has 1 N–H and O–H groups in total. The SMILES string of the molecule is Cc1nc2n(n1)CCN(C(=O)c1cn3c(C)cccc3n1)CCCC(=O)N(C)[C@@H](C)C(=O)N[C@@H]2CC(C)C. The van der Waals surface area contributed by atoms with Crippen LogP contribution in [0.4, 0.5) is 0 Å². The number of fused-ring (bicyclic) bond motifs is 2. The summed E-state index contributed by atoms with van der Waals surface area (Å²) in [5.74, 6) is 0.977. The number of carbonyl (C=O) groups is 3. The van der Waals surface area contributed by atoms with Crippen LogP contribution >= 0.6 is 0 Å². The Morgan fingerprint density at radius 1 is 1.13 bits per heavy atom. The van der Waals surface area contributed by atoms with Crippen LogP contribution in [0.1, 0.15) is 73.9 Å². The molecule has 3 aromatic heterocycles. The fourth-order valence-corrected chi connectivity index (χ4v) is 4.82. The quantitative estimate of drug-likeness (QED) is 0.565. The van der Waals surface area contributed by atoms with E-state index in [1.807, 2.05) is 36.4 Å². The van der Waals surface area contributed by atoms with Crippen molar-refractivity contribution in [3.63, 3.8) is 0 Å². The third-order valence-corrected chi connectivity index (χ3v) is 7.10. The molecule has 0 saturated carbocycles. The Kier molecular flexibility index (Phi) is 8.13. The Morgan fingerprint density at radius 2 is 1.89 bits per heavy atom. The number of rotatable bonds is 3. The van der Waals surface area contributed by atoms with E-state index in [9.17, 15) is 14.4 Å². The van der Waals surface area contributed by atoms with Gasteiger partial charge in [-0.1, -0.05) is 19.9 Å². The van der Waals surface area contributed by atoms with Crippen molar-refractivity contribution in [1.82, 2.24) is 39.3 Å². The predicted molar refractivity (Wildman–Crippen MR) is 142 cm³/mol. The van der Waals surface area contributed by atoms with Gasteiger partial charge in [0.15, 0.2) is 0 Å². The predicted octanol–water partition coefficient (Wildman–Crippen LogP) is 2.53. The first-order valence-corrected chi connectivity index (χ1v) is 13.3. The van der Waals surface area contributed by atoms with E-state index < -0.39 is 6.04 Å². The smallest absolute Gasteiger partial charge is 0.274 e. The fourth-order valence-electron chi connectivity index (χ4n) is 4.82. The van der Waals surface area contributed by atoms with Crippen LogP contribution in [-0.2, 0) is 16.1 Å². The van der Waals surface area contributed by atoms with Crippen molar-refractivity contribution in [3.05, 3.63) is 47.4 Å².